The molecule has 0 bridgehead atoms. The molecular formula is C24H29N3O3. The smallest absolute Gasteiger partial charge is 0.324 e. The molecule has 2 aromatic carbocycles. The quantitative estimate of drug-likeness (QED) is 0.480. The molecule has 0 saturated carbocycles. The van der Waals surface area contributed by atoms with Crippen LogP contribution >= 0.6 is 0 Å². The number of carbonyl (C=O) groups is 2. The highest BCUT2D eigenvalue weighted by Gasteiger charge is 2.27. The molecule has 0 unspecified atom stereocenters. The Morgan fingerprint density at radius 2 is 1.97 bits per heavy atom. The summed E-state index contributed by atoms with van der Waals surface area (Å²) in [5.74, 6) is 0.668. The molecule has 1 aliphatic heterocycles. The minimum absolute atomic E-state index is 0.0910. The predicted octanol–water partition coefficient (Wildman–Crippen LogP) is 3.82. The summed E-state index contributed by atoms with van der Waals surface area (Å²) in [6.07, 6.45) is 2.41. The third kappa shape index (κ3) is 5.20. The van der Waals surface area contributed by atoms with Crippen LogP contribution in [0.25, 0.3) is 0 Å². The summed E-state index contributed by atoms with van der Waals surface area (Å²) in [4.78, 5) is 27.2. The highest BCUT2D eigenvalue weighted by atomic mass is 16.5. The van der Waals surface area contributed by atoms with Crippen LogP contribution in [0.15, 0.2) is 55.1 Å². The Bertz CT molecular complexity index is 910. The van der Waals surface area contributed by atoms with Crippen LogP contribution in [-0.4, -0.2) is 43.1 Å². The number of anilines is 1. The van der Waals surface area contributed by atoms with Gasteiger partial charge in [0.15, 0.2) is 0 Å². The van der Waals surface area contributed by atoms with Crippen molar-refractivity contribution in [1.29, 1.82) is 0 Å². The standard InChI is InChI=1S/C24H29N3O3/c1-4-14-30-22-9-6-5-8-20(22)17-26(21-11-10-18(2)19(3)15-21)12-7-13-27-23(28)16-25-24(27)29/h4-6,8-11,15H,1,7,12-14,16-17H2,2-3H3,(H,25,29). The van der Waals surface area contributed by atoms with Gasteiger partial charge in [0.25, 0.3) is 0 Å². The van der Waals surface area contributed by atoms with E-state index < -0.39 is 0 Å². The molecule has 3 amide bonds. The molecule has 6 heteroatoms. The number of rotatable bonds is 10. The first kappa shape index (κ1) is 21.4. The van der Waals surface area contributed by atoms with Gasteiger partial charge in [-0.3, -0.25) is 9.69 Å². The zero-order valence-corrected chi connectivity index (χ0v) is 17.7. The number of imide groups is 1. The average molecular weight is 408 g/mol. The number of benzene rings is 2. The number of hydrogen-bond donors (Lipinski definition) is 1. The number of carbonyl (C=O) groups excluding carboxylic acids is 2. The van der Waals surface area contributed by atoms with Crippen molar-refractivity contribution in [2.24, 2.45) is 0 Å². The molecule has 0 spiro atoms. The summed E-state index contributed by atoms with van der Waals surface area (Å²) < 4.78 is 5.83. The molecule has 158 valence electrons. The zero-order valence-electron chi connectivity index (χ0n) is 17.7. The van der Waals surface area contributed by atoms with E-state index in [1.54, 1.807) is 6.08 Å². The molecule has 1 fully saturated rings. The number of hydrogen-bond acceptors (Lipinski definition) is 4. The Labute approximate surface area is 178 Å². The molecule has 0 radical (unpaired) electrons. The maximum absolute atomic E-state index is 11.9. The highest BCUT2D eigenvalue weighted by molar-refractivity contribution is 6.01. The molecule has 1 heterocycles. The van der Waals surface area contributed by atoms with Gasteiger partial charge in [0.05, 0.1) is 6.54 Å². The monoisotopic (exact) mass is 407 g/mol. The Kier molecular flexibility index (Phi) is 7.12. The highest BCUT2D eigenvalue weighted by Crippen LogP contribution is 2.25. The fourth-order valence-electron chi connectivity index (χ4n) is 3.45. The van der Waals surface area contributed by atoms with Crippen molar-refractivity contribution in [1.82, 2.24) is 10.2 Å². The third-order valence-electron chi connectivity index (χ3n) is 5.29. The van der Waals surface area contributed by atoms with Crippen LogP contribution < -0.4 is 15.0 Å². The van der Waals surface area contributed by atoms with Crippen molar-refractivity contribution in [3.8, 4) is 5.75 Å². The lowest BCUT2D eigenvalue weighted by atomic mass is 10.1. The summed E-state index contributed by atoms with van der Waals surface area (Å²) in [6, 6.07) is 14.1. The number of ether oxygens (including phenoxy) is 1. The second kappa shape index (κ2) is 9.96. The first-order valence-corrected chi connectivity index (χ1v) is 10.2. The number of para-hydroxylation sites is 1. The van der Waals surface area contributed by atoms with E-state index >= 15 is 0 Å². The Hall–Kier alpha value is -3.28. The van der Waals surface area contributed by atoms with Crippen molar-refractivity contribution in [3.63, 3.8) is 0 Å². The van der Waals surface area contributed by atoms with E-state index in [1.165, 1.54) is 16.0 Å². The van der Waals surface area contributed by atoms with Crippen molar-refractivity contribution in [3.05, 3.63) is 71.8 Å². The van der Waals surface area contributed by atoms with Crippen LogP contribution in [0.5, 0.6) is 5.75 Å². The number of nitrogens with one attached hydrogen (secondary N) is 1. The topological polar surface area (TPSA) is 61.9 Å². The van der Waals surface area contributed by atoms with E-state index in [-0.39, 0.29) is 18.5 Å². The minimum Gasteiger partial charge on any atom is -0.489 e. The fourth-order valence-corrected chi connectivity index (χ4v) is 3.45. The lowest BCUT2D eigenvalue weighted by molar-refractivity contribution is -0.125. The second-order valence-corrected chi connectivity index (χ2v) is 7.46. The van der Waals surface area contributed by atoms with E-state index in [9.17, 15) is 9.59 Å². The number of aryl methyl sites for hydroxylation is 2. The zero-order chi connectivity index (χ0) is 21.5. The van der Waals surface area contributed by atoms with Gasteiger partial charge in [-0.05, 0) is 49.6 Å². The van der Waals surface area contributed by atoms with E-state index in [1.807, 2.05) is 18.2 Å². The summed E-state index contributed by atoms with van der Waals surface area (Å²) >= 11 is 0. The van der Waals surface area contributed by atoms with Crippen LogP contribution in [0.4, 0.5) is 10.5 Å². The van der Waals surface area contributed by atoms with Crippen molar-refractivity contribution in [2.75, 3.05) is 31.1 Å². The van der Waals surface area contributed by atoms with Crippen LogP contribution in [0.2, 0.25) is 0 Å². The second-order valence-electron chi connectivity index (χ2n) is 7.46. The fraction of sp³-hybridized carbons (Fsp3) is 0.333. The maximum atomic E-state index is 11.9. The average Bonchev–Trinajstić information content (AvgIpc) is 3.06. The summed E-state index contributed by atoms with van der Waals surface area (Å²) in [5, 5.41) is 2.57. The Morgan fingerprint density at radius 1 is 1.17 bits per heavy atom. The summed E-state index contributed by atoms with van der Waals surface area (Å²) in [6.45, 7) is 10.2. The summed E-state index contributed by atoms with van der Waals surface area (Å²) in [5.41, 5.74) is 4.65. The minimum atomic E-state index is -0.305. The van der Waals surface area contributed by atoms with E-state index in [0.717, 1.165) is 17.0 Å². The van der Waals surface area contributed by atoms with E-state index in [4.69, 9.17) is 4.74 Å². The molecule has 1 N–H and O–H groups in total. The first-order chi connectivity index (χ1) is 14.5. The molecular weight excluding hydrogens is 378 g/mol. The Balaban J connectivity index is 1.77. The first-order valence-electron chi connectivity index (χ1n) is 10.2. The molecule has 30 heavy (non-hydrogen) atoms. The van der Waals surface area contributed by atoms with Gasteiger partial charge in [0, 0.05) is 30.9 Å². The summed E-state index contributed by atoms with van der Waals surface area (Å²) in [7, 11) is 0. The third-order valence-corrected chi connectivity index (χ3v) is 5.29. The molecule has 0 aliphatic carbocycles. The molecule has 0 atom stereocenters. The van der Waals surface area contributed by atoms with Gasteiger partial charge in [-0.2, -0.15) is 0 Å². The normalized spacial score (nSPS) is 13.3. The van der Waals surface area contributed by atoms with Crippen molar-refractivity contribution >= 4 is 17.6 Å². The van der Waals surface area contributed by atoms with Gasteiger partial charge in [-0.25, -0.2) is 4.79 Å². The van der Waals surface area contributed by atoms with Gasteiger partial charge in [0.1, 0.15) is 12.4 Å². The largest absolute Gasteiger partial charge is 0.489 e. The molecule has 1 aliphatic rings. The lowest BCUT2D eigenvalue weighted by Gasteiger charge is -2.27. The van der Waals surface area contributed by atoms with Crippen LogP contribution in [0.3, 0.4) is 0 Å². The molecule has 0 aromatic heterocycles. The van der Waals surface area contributed by atoms with Crippen molar-refractivity contribution < 1.29 is 14.3 Å². The number of amides is 3. The van der Waals surface area contributed by atoms with Crippen LogP contribution in [0.1, 0.15) is 23.1 Å². The van der Waals surface area contributed by atoms with Crippen LogP contribution in [-0.2, 0) is 11.3 Å². The predicted molar refractivity (Wildman–Crippen MR) is 119 cm³/mol. The maximum Gasteiger partial charge on any atom is 0.324 e. The number of urea groups is 1. The molecule has 1 saturated heterocycles. The number of nitrogens with zero attached hydrogens (tertiary/aromatic N) is 2. The molecule has 3 rings (SSSR count). The van der Waals surface area contributed by atoms with Crippen molar-refractivity contribution in [2.45, 2.75) is 26.8 Å². The van der Waals surface area contributed by atoms with Gasteiger partial charge in [-0.1, -0.05) is 36.9 Å². The molecule has 6 nitrogen and oxygen atoms in total. The Morgan fingerprint density at radius 3 is 2.67 bits per heavy atom. The van der Waals surface area contributed by atoms with E-state index in [2.05, 4.69) is 54.9 Å². The molecule has 2 aromatic rings. The van der Waals surface area contributed by atoms with Gasteiger partial charge in [0.2, 0.25) is 5.91 Å². The SMILES string of the molecule is C=CCOc1ccccc1CN(CCCN1C(=O)CNC1=O)c1ccc(C)c(C)c1. The van der Waals surface area contributed by atoms with E-state index in [0.29, 0.717) is 32.7 Å². The van der Waals surface area contributed by atoms with Gasteiger partial charge < -0.3 is 15.0 Å². The van der Waals surface area contributed by atoms with Gasteiger partial charge >= 0.3 is 6.03 Å². The lowest BCUT2D eigenvalue weighted by Crippen LogP contribution is -2.34. The van der Waals surface area contributed by atoms with Crippen LogP contribution in [0, 0.1) is 13.8 Å². The van der Waals surface area contributed by atoms with Gasteiger partial charge in [-0.15, -0.1) is 0 Å².